The van der Waals surface area contributed by atoms with E-state index in [-0.39, 0.29) is 95.4 Å². The molecule has 10 amide bonds. The molecule has 31 heteroatoms. The molecule has 2 saturated heterocycles. The monoisotopic (exact) mass is 1060 g/mol. The highest BCUT2D eigenvalue weighted by molar-refractivity contribution is 5.99. The first kappa shape index (κ1) is 61.2. The van der Waals surface area contributed by atoms with Crippen LogP contribution in [0.4, 0.5) is 0 Å². The van der Waals surface area contributed by atoms with Crippen molar-refractivity contribution < 1.29 is 57.8 Å². The summed E-state index contributed by atoms with van der Waals surface area (Å²) in [5, 5.41) is 24.8. The fraction of sp³-hybridized carbons (Fsp3) is 0.636. The van der Waals surface area contributed by atoms with Crippen molar-refractivity contribution in [2.24, 2.45) is 56.0 Å². The second kappa shape index (κ2) is 30.2. The van der Waals surface area contributed by atoms with Crippen molar-refractivity contribution in [3.8, 4) is 0 Å². The number of carbonyl (C=O) groups is 11. The number of aromatic nitrogens is 2. The van der Waals surface area contributed by atoms with E-state index in [0.717, 1.165) is 4.90 Å². The van der Waals surface area contributed by atoms with Crippen LogP contribution in [-0.4, -0.2) is 183 Å². The Hall–Kier alpha value is -8.12. The number of carboxylic acids is 1. The number of aliphatic carboxylic acids is 1. The van der Waals surface area contributed by atoms with Crippen molar-refractivity contribution in [3.63, 3.8) is 0 Å². The Balaban J connectivity index is 1.79. The minimum atomic E-state index is -1.69. The van der Waals surface area contributed by atoms with E-state index in [1.165, 1.54) is 17.4 Å². The third-order valence-corrected chi connectivity index (χ3v) is 12.2. The van der Waals surface area contributed by atoms with Crippen LogP contribution in [0.1, 0.15) is 90.2 Å². The van der Waals surface area contributed by atoms with E-state index in [1.807, 2.05) is 0 Å². The molecule has 2 fully saturated rings. The van der Waals surface area contributed by atoms with Gasteiger partial charge in [-0.3, -0.25) is 57.9 Å². The zero-order valence-corrected chi connectivity index (χ0v) is 42.1. The molecule has 75 heavy (non-hydrogen) atoms. The molecule has 0 unspecified atom stereocenters. The lowest BCUT2D eigenvalue weighted by molar-refractivity contribution is -0.145. The van der Waals surface area contributed by atoms with Crippen molar-refractivity contribution in [1.29, 1.82) is 0 Å². The molecule has 31 nitrogen and oxygen atoms in total. The molecule has 3 rings (SSSR count). The van der Waals surface area contributed by atoms with Crippen LogP contribution in [0.3, 0.4) is 0 Å². The zero-order valence-electron chi connectivity index (χ0n) is 42.1. The van der Waals surface area contributed by atoms with Gasteiger partial charge in [-0.2, -0.15) is 0 Å². The van der Waals surface area contributed by atoms with Crippen molar-refractivity contribution in [2.45, 2.75) is 139 Å². The lowest BCUT2D eigenvalue weighted by Crippen LogP contribution is -2.60. The number of amides is 10. The van der Waals surface area contributed by atoms with Gasteiger partial charge in [0.1, 0.15) is 42.3 Å². The van der Waals surface area contributed by atoms with E-state index in [2.05, 4.69) is 51.9 Å². The number of carboxylic acid groups (broad SMARTS) is 1. The van der Waals surface area contributed by atoms with Crippen LogP contribution in [0, 0.1) is 5.92 Å². The van der Waals surface area contributed by atoms with Crippen LogP contribution in [0.15, 0.2) is 22.5 Å². The smallest absolute Gasteiger partial charge is 0.326 e. The van der Waals surface area contributed by atoms with Crippen LogP contribution in [0.25, 0.3) is 0 Å². The van der Waals surface area contributed by atoms with Gasteiger partial charge in [-0.25, -0.2) is 9.78 Å². The topological polar surface area (TPSA) is 522 Å². The van der Waals surface area contributed by atoms with Gasteiger partial charge in [0.25, 0.3) is 0 Å². The molecule has 0 bridgehead atoms. The average molecular weight is 1060 g/mol. The summed E-state index contributed by atoms with van der Waals surface area (Å²) in [6.07, 6.45) is 2.13. The summed E-state index contributed by atoms with van der Waals surface area (Å²) < 4.78 is 0. The number of aromatic amines is 1. The number of guanidine groups is 2. The normalized spacial score (nSPS) is 17.4. The van der Waals surface area contributed by atoms with E-state index >= 15 is 0 Å². The molecule has 22 N–H and O–H groups in total. The largest absolute Gasteiger partial charge is 0.480 e. The van der Waals surface area contributed by atoms with Crippen molar-refractivity contribution in [1.82, 2.24) is 51.7 Å². The number of nitrogens with one attached hydrogen (secondary N) is 7. The van der Waals surface area contributed by atoms with E-state index < -0.39 is 133 Å². The maximum Gasteiger partial charge on any atom is 0.326 e. The second-order valence-corrected chi connectivity index (χ2v) is 18.4. The summed E-state index contributed by atoms with van der Waals surface area (Å²) in [6.45, 7) is 3.16. The molecule has 0 aromatic carbocycles. The third kappa shape index (κ3) is 20.4. The summed E-state index contributed by atoms with van der Waals surface area (Å²) >= 11 is 0. The lowest BCUT2D eigenvalue weighted by atomic mass is 10.0. The summed E-state index contributed by atoms with van der Waals surface area (Å²) in [4.78, 5) is 163. The van der Waals surface area contributed by atoms with Gasteiger partial charge in [-0.1, -0.05) is 13.8 Å². The highest BCUT2D eigenvalue weighted by atomic mass is 16.4. The number of imidazole rings is 1. The standard InChI is InChI=1S/C44H73N19O12/c1-22(2)34(47)40(72)58-24(7-3-13-53-43(48)49)35(67)55-20-33(66)62-15-5-9-29(62)38(70)57-25(11-12-31(45)64)36(68)60-27(17-23-19-52-21-56-23)37(69)61-28(18-32(46)65)41(73)63-16-6-10-30(63)39(71)59-26(42(74)75)8-4-14-54-44(50)51/h19,21-22,24-30,34H,3-18,20,47H2,1-2H3,(H2,45,64)(H2,46,65)(H,52,56)(H,55,67)(H,57,70)(H,58,72)(H,59,71)(H,60,68)(H,61,69)(H,74,75)(H4,48,49,53)(H4,50,51,54)/t24-,25-,26-,27-,28-,29-,30-,34-/m0/s1. The van der Waals surface area contributed by atoms with Gasteiger partial charge in [0.05, 0.1) is 25.3 Å². The Kier molecular flexibility index (Phi) is 24.6. The van der Waals surface area contributed by atoms with Gasteiger partial charge in [0, 0.05) is 50.9 Å². The number of hydrogen-bond donors (Lipinski definition) is 15. The van der Waals surface area contributed by atoms with E-state index in [1.54, 1.807) is 13.8 Å². The Morgan fingerprint density at radius 1 is 0.680 bits per heavy atom. The van der Waals surface area contributed by atoms with Crippen molar-refractivity contribution in [3.05, 3.63) is 18.2 Å². The molecule has 0 spiro atoms. The van der Waals surface area contributed by atoms with Crippen LogP contribution in [-0.2, 0) is 59.2 Å². The SMILES string of the molecule is CC(C)[C@H](N)C(=O)N[C@@H](CCCN=C(N)N)C(=O)NCC(=O)N1CCC[C@H]1C(=O)N[C@@H](CCC(N)=O)C(=O)N[C@@H](Cc1cnc[nH]1)C(=O)N[C@@H](CC(N)=O)C(=O)N1CCC[C@H]1C(=O)N[C@@H](CCCN=C(N)N)C(=O)O. The van der Waals surface area contributed by atoms with Gasteiger partial charge in [-0.05, 0) is 63.7 Å². The van der Waals surface area contributed by atoms with E-state index in [9.17, 15) is 57.8 Å². The van der Waals surface area contributed by atoms with Crippen molar-refractivity contribution >= 4 is 77.0 Å². The van der Waals surface area contributed by atoms with Crippen LogP contribution >= 0.6 is 0 Å². The van der Waals surface area contributed by atoms with Gasteiger partial charge in [0.2, 0.25) is 59.1 Å². The number of rotatable bonds is 31. The molecule has 1 aromatic rings. The Morgan fingerprint density at radius 2 is 1.20 bits per heavy atom. The molecule has 8 atom stereocenters. The summed E-state index contributed by atoms with van der Waals surface area (Å²) in [7, 11) is 0. The molecule has 1 aromatic heterocycles. The second-order valence-electron chi connectivity index (χ2n) is 18.4. The first-order valence-corrected chi connectivity index (χ1v) is 24.4. The first-order chi connectivity index (χ1) is 35.4. The highest BCUT2D eigenvalue weighted by Gasteiger charge is 2.41. The number of H-pyrrole nitrogens is 1. The molecule has 3 heterocycles. The third-order valence-electron chi connectivity index (χ3n) is 12.2. The van der Waals surface area contributed by atoms with Gasteiger partial charge in [0.15, 0.2) is 11.9 Å². The highest BCUT2D eigenvalue weighted by Crippen LogP contribution is 2.21. The lowest BCUT2D eigenvalue weighted by Gasteiger charge is -2.30. The predicted octanol–water partition coefficient (Wildman–Crippen LogP) is -7.21. The number of nitrogens with zero attached hydrogens (tertiary/aromatic N) is 5. The molecule has 0 radical (unpaired) electrons. The van der Waals surface area contributed by atoms with Crippen LogP contribution in [0.2, 0.25) is 0 Å². The van der Waals surface area contributed by atoms with Crippen LogP contribution in [0.5, 0.6) is 0 Å². The van der Waals surface area contributed by atoms with Gasteiger partial charge in [-0.15, -0.1) is 0 Å². The summed E-state index contributed by atoms with van der Waals surface area (Å²) in [5.74, 6) is -10.4. The fourth-order valence-electron chi connectivity index (χ4n) is 8.20. The summed E-state index contributed by atoms with van der Waals surface area (Å²) in [5.41, 5.74) is 38.7. The maximum absolute atomic E-state index is 14.2. The zero-order chi connectivity index (χ0) is 55.9. The quantitative estimate of drug-likeness (QED) is 0.0187. The number of nitrogens with two attached hydrogens (primary N) is 7. The minimum Gasteiger partial charge on any atom is -0.480 e. The molecule has 416 valence electrons. The average Bonchev–Trinajstić information content (AvgIpc) is 4.16. The minimum absolute atomic E-state index is 0.0183. The van der Waals surface area contributed by atoms with Crippen LogP contribution < -0.4 is 72.0 Å². The first-order valence-electron chi connectivity index (χ1n) is 24.4. The molecule has 0 saturated carbocycles. The molecule has 2 aliphatic heterocycles. The fourth-order valence-corrected chi connectivity index (χ4v) is 8.20. The van der Waals surface area contributed by atoms with E-state index in [4.69, 9.17) is 40.1 Å². The predicted molar refractivity (Wildman–Crippen MR) is 267 cm³/mol. The molecular formula is C44H73N19O12. The molecule has 2 aliphatic rings. The molecule has 0 aliphatic carbocycles. The van der Waals surface area contributed by atoms with Gasteiger partial charge < -0.3 is 91.9 Å². The Labute approximate surface area is 431 Å². The molecular weight excluding hydrogens is 987 g/mol. The van der Waals surface area contributed by atoms with Crippen molar-refractivity contribution in [2.75, 3.05) is 32.7 Å². The number of aliphatic imine (C=N–C) groups is 2. The Bertz CT molecular complexity index is 2250. The van der Waals surface area contributed by atoms with E-state index in [0.29, 0.717) is 18.5 Å². The maximum atomic E-state index is 14.2. The number of carbonyl (C=O) groups excluding carboxylic acids is 10. The number of hydrogen-bond acceptors (Lipinski definition) is 15. The van der Waals surface area contributed by atoms with Gasteiger partial charge >= 0.3 is 5.97 Å². The summed E-state index contributed by atoms with van der Waals surface area (Å²) in [6, 6.07) is -10.6. The Morgan fingerprint density at radius 3 is 1.73 bits per heavy atom. The number of primary amides is 2. The number of likely N-dealkylation sites (tertiary alicyclic amines) is 2.